The lowest BCUT2D eigenvalue weighted by Gasteiger charge is -2.65. The summed E-state index contributed by atoms with van der Waals surface area (Å²) >= 11 is 26.1. The van der Waals surface area contributed by atoms with Crippen LogP contribution in [0.25, 0.3) is 0 Å². The fraction of sp³-hybridized carbons (Fsp3) is 0.875. The molecule has 4 aliphatic carbocycles. The molecule has 0 aromatic rings. The van der Waals surface area contributed by atoms with E-state index in [1.807, 2.05) is 0 Å². The van der Waals surface area contributed by atoms with Crippen molar-refractivity contribution in [1.82, 2.24) is 0 Å². The minimum Gasteiger partial charge on any atom is -0.467 e. The number of carbonyl (C=O) groups is 2. The number of esters is 2. The highest BCUT2D eigenvalue weighted by molar-refractivity contribution is 6.59. The Morgan fingerprint density at radius 3 is 1.46 bits per heavy atom. The van der Waals surface area contributed by atoms with Crippen LogP contribution < -0.4 is 0 Å². The molecule has 0 amide bonds. The van der Waals surface area contributed by atoms with E-state index in [1.54, 1.807) is 0 Å². The molecular weight excluding hydrogens is 398 g/mol. The van der Waals surface area contributed by atoms with Gasteiger partial charge in [-0.1, -0.05) is 46.4 Å². The summed E-state index contributed by atoms with van der Waals surface area (Å²) in [4.78, 5) is 24.5. The van der Waals surface area contributed by atoms with E-state index in [0.29, 0.717) is 32.1 Å². The lowest BCUT2D eigenvalue weighted by molar-refractivity contribution is -0.167. The second-order valence-corrected chi connectivity index (χ2v) is 10.3. The first kappa shape index (κ1) is 18.9. The standard InChI is InChI=1S/C16H20Cl4O4/c1-23-11(21)15(17,18)13-4-9-3-10(5-13)7-14(6-9,8-13)16(19,20)12(22)24-2/h9-10H,3-8H2,1-2H3. The first-order valence-electron chi connectivity index (χ1n) is 7.96. The fourth-order valence-corrected chi connectivity index (χ4v) is 6.88. The molecule has 4 aliphatic rings. The van der Waals surface area contributed by atoms with Crippen molar-refractivity contribution >= 4 is 58.3 Å². The van der Waals surface area contributed by atoms with Gasteiger partial charge >= 0.3 is 11.9 Å². The van der Waals surface area contributed by atoms with Crippen molar-refractivity contribution in [3.8, 4) is 0 Å². The third-order valence-electron chi connectivity index (χ3n) is 6.28. The van der Waals surface area contributed by atoms with Gasteiger partial charge in [-0.3, -0.25) is 0 Å². The van der Waals surface area contributed by atoms with Crippen molar-refractivity contribution in [2.45, 2.75) is 47.2 Å². The zero-order valence-corrected chi connectivity index (χ0v) is 16.6. The molecule has 4 nitrogen and oxygen atoms in total. The highest BCUT2D eigenvalue weighted by Gasteiger charge is 2.72. The maximum atomic E-state index is 12.2. The van der Waals surface area contributed by atoms with Gasteiger partial charge in [-0.05, 0) is 50.4 Å². The van der Waals surface area contributed by atoms with Crippen molar-refractivity contribution in [1.29, 1.82) is 0 Å². The van der Waals surface area contributed by atoms with Crippen LogP contribution in [0.3, 0.4) is 0 Å². The van der Waals surface area contributed by atoms with Crippen LogP contribution in [0.1, 0.15) is 38.5 Å². The molecule has 0 radical (unpaired) electrons. The molecule has 0 heterocycles. The van der Waals surface area contributed by atoms with Crippen molar-refractivity contribution in [3.05, 3.63) is 0 Å². The number of methoxy groups -OCH3 is 2. The topological polar surface area (TPSA) is 52.6 Å². The van der Waals surface area contributed by atoms with E-state index < -0.39 is 31.4 Å². The van der Waals surface area contributed by atoms with Crippen molar-refractivity contribution in [2.75, 3.05) is 14.2 Å². The van der Waals surface area contributed by atoms with Gasteiger partial charge in [0, 0.05) is 10.8 Å². The zero-order chi connectivity index (χ0) is 18.0. The van der Waals surface area contributed by atoms with Crippen LogP contribution in [-0.2, 0) is 19.1 Å². The van der Waals surface area contributed by atoms with Crippen molar-refractivity contribution < 1.29 is 19.1 Å². The zero-order valence-electron chi connectivity index (χ0n) is 13.5. The third kappa shape index (κ3) is 2.39. The number of halogens is 4. The summed E-state index contributed by atoms with van der Waals surface area (Å²) in [5.74, 6) is -0.796. The quantitative estimate of drug-likeness (QED) is 0.506. The van der Waals surface area contributed by atoms with Gasteiger partial charge in [0.25, 0.3) is 0 Å². The van der Waals surface area contributed by atoms with E-state index in [0.717, 1.165) is 6.42 Å². The largest absolute Gasteiger partial charge is 0.467 e. The van der Waals surface area contributed by atoms with Crippen LogP contribution in [0.15, 0.2) is 0 Å². The summed E-state index contributed by atoms with van der Waals surface area (Å²) in [7, 11) is 2.53. The summed E-state index contributed by atoms with van der Waals surface area (Å²) in [6.07, 6.45) is 4.24. The lowest BCUT2D eigenvalue weighted by Crippen LogP contribution is -2.65. The first-order valence-corrected chi connectivity index (χ1v) is 9.47. The molecule has 0 atom stereocenters. The average Bonchev–Trinajstić information content (AvgIpc) is 2.51. The van der Waals surface area contributed by atoms with Crippen LogP contribution in [-0.4, -0.2) is 34.8 Å². The molecule has 4 bridgehead atoms. The molecule has 4 rings (SSSR count). The van der Waals surface area contributed by atoms with Crippen molar-refractivity contribution in [2.24, 2.45) is 22.7 Å². The molecule has 136 valence electrons. The van der Waals surface area contributed by atoms with Crippen LogP contribution in [0.2, 0.25) is 0 Å². The molecule has 0 saturated heterocycles. The number of ether oxygens (including phenoxy) is 2. The van der Waals surface area contributed by atoms with E-state index in [1.165, 1.54) is 14.2 Å². The van der Waals surface area contributed by atoms with E-state index >= 15 is 0 Å². The molecule has 0 N–H and O–H groups in total. The average molecular weight is 418 g/mol. The summed E-state index contributed by atoms with van der Waals surface area (Å²) in [5, 5.41) is 0. The Bertz CT molecular complexity index is 514. The first-order chi connectivity index (χ1) is 11.0. The second kappa shape index (κ2) is 5.80. The molecule has 8 heteroatoms. The number of rotatable bonds is 4. The molecular formula is C16H20Cl4O4. The third-order valence-corrected chi connectivity index (χ3v) is 8.50. The maximum Gasteiger partial charge on any atom is 0.342 e. The van der Waals surface area contributed by atoms with Crippen LogP contribution in [0.5, 0.6) is 0 Å². The van der Waals surface area contributed by atoms with Gasteiger partial charge in [0.05, 0.1) is 14.2 Å². The van der Waals surface area contributed by atoms with Gasteiger partial charge in [0.2, 0.25) is 8.67 Å². The highest BCUT2D eigenvalue weighted by Crippen LogP contribution is 2.73. The highest BCUT2D eigenvalue weighted by atomic mass is 35.5. The van der Waals surface area contributed by atoms with Gasteiger partial charge < -0.3 is 9.47 Å². The normalized spacial score (nSPS) is 38.1. The summed E-state index contributed by atoms with van der Waals surface area (Å²) < 4.78 is 6.28. The van der Waals surface area contributed by atoms with E-state index in [2.05, 4.69) is 0 Å². The minimum absolute atomic E-state index is 0.273. The Morgan fingerprint density at radius 1 is 0.833 bits per heavy atom. The van der Waals surface area contributed by atoms with Crippen LogP contribution in [0.4, 0.5) is 0 Å². The van der Waals surface area contributed by atoms with E-state index in [-0.39, 0.29) is 11.8 Å². The SMILES string of the molecule is COC(=O)C(Cl)(Cl)C12CC3CC(C1)CC(C(Cl)(Cl)C(=O)OC)(C3)C2. The van der Waals surface area contributed by atoms with Gasteiger partial charge in [0.1, 0.15) is 0 Å². The van der Waals surface area contributed by atoms with Crippen LogP contribution in [0, 0.1) is 22.7 Å². The molecule has 24 heavy (non-hydrogen) atoms. The second-order valence-electron chi connectivity index (χ2n) is 7.65. The lowest BCUT2D eigenvalue weighted by atomic mass is 9.42. The van der Waals surface area contributed by atoms with Crippen molar-refractivity contribution in [3.63, 3.8) is 0 Å². The predicted octanol–water partition coefficient (Wildman–Crippen LogP) is 4.27. The Labute approximate surface area is 161 Å². The summed E-state index contributed by atoms with van der Waals surface area (Å²) in [5.41, 5.74) is -1.40. The summed E-state index contributed by atoms with van der Waals surface area (Å²) in [6.45, 7) is 0. The number of carbonyl (C=O) groups excluding carboxylic acids is 2. The van der Waals surface area contributed by atoms with Crippen LogP contribution >= 0.6 is 46.4 Å². The fourth-order valence-electron chi connectivity index (χ4n) is 5.69. The Hall–Kier alpha value is 0.1000. The molecule has 0 unspecified atom stereocenters. The summed E-state index contributed by atoms with van der Waals surface area (Å²) in [6, 6.07) is 0. The Morgan fingerprint density at radius 2 is 1.17 bits per heavy atom. The molecule has 4 saturated carbocycles. The monoisotopic (exact) mass is 416 g/mol. The van der Waals surface area contributed by atoms with Gasteiger partial charge in [-0.2, -0.15) is 0 Å². The number of hydrogen-bond donors (Lipinski definition) is 0. The molecule has 0 aromatic carbocycles. The smallest absolute Gasteiger partial charge is 0.342 e. The molecule has 0 aliphatic heterocycles. The number of hydrogen-bond acceptors (Lipinski definition) is 4. The molecule has 0 aromatic heterocycles. The van der Waals surface area contributed by atoms with Gasteiger partial charge in [0.15, 0.2) is 0 Å². The van der Waals surface area contributed by atoms with Gasteiger partial charge in [-0.25, -0.2) is 9.59 Å². The van der Waals surface area contributed by atoms with E-state index in [9.17, 15) is 9.59 Å². The Balaban J connectivity index is 2.05. The Kier molecular flexibility index (Phi) is 4.56. The predicted molar refractivity (Wildman–Crippen MR) is 92.5 cm³/mol. The molecule has 0 spiro atoms. The van der Waals surface area contributed by atoms with Gasteiger partial charge in [-0.15, -0.1) is 0 Å². The van der Waals surface area contributed by atoms with E-state index in [4.69, 9.17) is 55.9 Å². The minimum atomic E-state index is -1.69. The number of alkyl halides is 4. The molecule has 4 fully saturated rings. The maximum absolute atomic E-state index is 12.2.